The molecule has 0 bridgehead atoms. The number of rotatable bonds is 11. The van der Waals surface area contributed by atoms with Crippen molar-refractivity contribution in [3.63, 3.8) is 0 Å². The summed E-state index contributed by atoms with van der Waals surface area (Å²) in [6.07, 6.45) is 5.52. The molecule has 0 saturated heterocycles. The minimum Gasteiger partial charge on any atom is -0.352 e. The molecule has 38 heavy (non-hydrogen) atoms. The van der Waals surface area contributed by atoms with E-state index < -0.39 is 16.1 Å². The van der Waals surface area contributed by atoms with Crippen molar-refractivity contribution in [2.24, 2.45) is 0 Å². The van der Waals surface area contributed by atoms with Crippen molar-refractivity contribution in [3.05, 3.63) is 63.1 Å². The Morgan fingerprint density at radius 1 is 1.05 bits per heavy atom. The number of anilines is 1. The number of sulfonamides is 1. The van der Waals surface area contributed by atoms with Crippen LogP contribution in [0.15, 0.2) is 36.4 Å². The van der Waals surface area contributed by atoms with Crippen molar-refractivity contribution >= 4 is 50.7 Å². The van der Waals surface area contributed by atoms with E-state index in [1.54, 1.807) is 31.2 Å². The van der Waals surface area contributed by atoms with Crippen LogP contribution >= 0.6 is 23.2 Å². The molecule has 1 N–H and O–H groups in total. The van der Waals surface area contributed by atoms with Gasteiger partial charge in [-0.15, -0.1) is 0 Å². The summed E-state index contributed by atoms with van der Waals surface area (Å²) in [4.78, 5) is 28.1. The number of nitrogens with one attached hydrogen (secondary N) is 1. The number of halogens is 2. The second-order valence-electron chi connectivity index (χ2n) is 10.1. The van der Waals surface area contributed by atoms with Crippen molar-refractivity contribution in [1.29, 1.82) is 0 Å². The molecule has 0 spiro atoms. The highest BCUT2D eigenvalue weighted by Crippen LogP contribution is 2.28. The van der Waals surface area contributed by atoms with E-state index in [2.05, 4.69) is 5.32 Å². The van der Waals surface area contributed by atoms with Crippen LogP contribution in [0.4, 0.5) is 5.69 Å². The predicted molar refractivity (Wildman–Crippen MR) is 154 cm³/mol. The highest BCUT2D eigenvalue weighted by molar-refractivity contribution is 7.92. The number of hydrogen-bond donors (Lipinski definition) is 1. The number of carbonyl (C=O) groups excluding carboxylic acids is 2. The van der Waals surface area contributed by atoms with E-state index >= 15 is 0 Å². The smallest absolute Gasteiger partial charge is 0.242 e. The first-order chi connectivity index (χ1) is 17.9. The average molecular weight is 583 g/mol. The molecule has 10 heteroatoms. The third-order valence-corrected chi connectivity index (χ3v) is 9.09. The Bertz CT molecular complexity index is 1240. The quantitative estimate of drug-likeness (QED) is 0.372. The lowest BCUT2D eigenvalue weighted by Crippen LogP contribution is -2.49. The van der Waals surface area contributed by atoms with Crippen LogP contribution in [-0.2, 0) is 26.2 Å². The van der Waals surface area contributed by atoms with Crippen LogP contribution in [0.1, 0.15) is 62.1 Å². The summed E-state index contributed by atoms with van der Waals surface area (Å²) >= 11 is 12.8. The van der Waals surface area contributed by atoms with Crippen LogP contribution in [0.3, 0.4) is 0 Å². The predicted octanol–water partition coefficient (Wildman–Crippen LogP) is 5.63. The van der Waals surface area contributed by atoms with Gasteiger partial charge >= 0.3 is 0 Å². The summed E-state index contributed by atoms with van der Waals surface area (Å²) in [7, 11) is -3.56. The van der Waals surface area contributed by atoms with Gasteiger partial charge in [-0.3, -0.25) is 13.9 Å². The van der Waals surface area contributed by atoms with Gasteiger partial charge in [-0.25, -0.2) is 8.42 Å². The van der Waals surface area contributed by atoms with Gasteiger partial charge in [-0.2, -0.15) is 0 Å². The molecule has 3 rings (SSSR count). The normalized spacial score (nSPS) is 14.8. The first-order valence-corrected chi connectivity index (χ1v) is 15.6. The van der Waals surface area contributed by atoms with Crippen molar-refractivity contribution in [1.82, 2.24) is 10.2 Å². The van der Waals surface area contributed by atoms with Gasteiger partial charge in [0.15, 0.2) is 0 Å². The molecule has 1 saturated carbocycles. The number of nitrogens with zero attached hydrogens (tertiary/aromatic N) is 2. The average Bonchev–Trinajstić information content (AvgIpc) is 3.35. The maximum Gasteiger partial charge on any atom is 0.242 e. The lowest BCUT2D eigenvalue weighted by Gasteiger charge is -2.31. The van der Waals surface area contributed by atoms with E-state index in [9.17, 15) is 18.0 Å². The summed E-state index contributed by atoms with van der Waals surface area (Å²) in [5.41, 5.74) is 3.18. The first kappa shape index (κ1) is 30.3. The van der Waals surface area contributed by atoms with Gasteiger partial charge in [0.25, 0.3) is 0 Å². The topological polar surface area (TPSA) is 86.8 Å². The zero-order chi connectivity index (χ0) is 28.0. The fraction of sp³-hybridized carbons (Fsp3) is 0.500. The van der Waals surface area contributed by atoms with Crippen LogP contribution in [-0.4, -0.2) is 50.0 Å². The summed E-state index contributed by atoms with van der Waals surface area (Å²) in [5.74, 6) is -0.495. The fourth-order valence-corrected chi connectivity index (χ4v) is 6.19. The van der Waals surface area contributed by atoms with Crippen molar-refractivity contribution in [3.8, 4) is 0 Å². The van der Waals surface area contributed by atoms with Gasteiger partial charge in [0.2, 0.25) is 21.8 Å². The largest absolute Gasteiger partial charge is 0.352 e. The molecule has 7 nitrogen and oxygen atoms in total. The Morgan fingerprint density at radius 2 is 1.68 bits per heavy atom. The molecule has 1 atom stereocenters. The summed E-state index contributed by atoms with van der Waals surface area (Å²) in [6, 6.07) is 9.97. The van der Waals surface area contributed by atoms with E-state index in [1.165, 1.54) is 9.21 Å². The molecule has 2 amide bonds. The van der Waals surface area contributed by atoms with Crippen molar-refractivity contribution in [2.75, 3.05) is 17.1 Å². The Morgan fingerprint density at radius 3 is 2.26 bits per heavy atom. The molecule has 208 valence electrons. The van der Waals surface area contributed by atoms with Gasteiger partial charge in [0.05, 0.1) is 11.9 Å². The molecule has 2 aromatic carbocycles. The Hall–Kier alpha value is -2.29. The third-order valence-electron chi connectivity index (χ3n) is 7.19. The summed E-state index contributed by atoms with van der Waals surface area (Å²) < 4.78 is 26.4. The molecule has 2 aromatic rings. The minimum absolute atomic E-state index is 0.0555. The Labute approximate surface area is 236 Å². The molecule has 1 aliphatic rings. The van der Waals surface area contributed by atoms with Crippen LogP contribution in [0, 0.1) is 13.8 Å². The first-order valence-electron chi connectivity index (χ1n) is 13.0. The zero-order valence-corrected chi connectivity index (χ0v) is 24.8. The molecular formula is C28H37Cl2N3O4S. The number of hydrogen-bond acceptors (Lipinski definition) is 4. The molecule has 0 aliphatic heterocycles. The Balaban J connectivity index is 1.77. The lowest BCUT2D eigenvalue weighted by atomic mass is 10.1. The van der Waals surface area contributed by atoms with E-state index in [0.29, 0.717) is 21.3 Å². The van der Waals surface area contributed by atoms with Crippen LogP contribution in [0.2, 0.25) is 10.0 Å². The van der Waals surface area contributed by atoms with Crippen molar-refractivity contribution in [2.45, 2.75) is 77.9 Å². The SMILES string of the molecule is Cc1ccc(N(CCCC(=O)N(Cc2c(Cl)cccc2Cl)[C@H](C)C(=O)NC2CCCC2)S(C)(=O)=O)cc1C. The molecule has 0 heterocycles. The number of benzene rings is 2. The monoisotopic (exact) mass is 581 g/mol. The Kier molecular flexibility index (Phi) is 10.5. The van der Waals surface area contributed by atoms with E-state index in [0.717, 1.165) is 43.1 Å². The molecule has 1 fully saturated rings. The van der Waals surface area contributed by atoms with E-state index in [1.807, 2.05) is 26.0 Å². The number of aryl methyl sites for hydroxylation is 2. The fourth-order valence-electron chi connectivity index (χ4n) is 4.71. The summed E-state index contributed by atoms with van der Waals surface area (Å²) in [5, 5.41) is 3.90. The van der Waals surface area contributed by atoms with Gasteiger partial charge in [0, 0.05) is 41.2 Å². The molecule has 1 aliphatic carbocycles. The lowest BCUT2D eigenvalue weighted by molar-refractivity contribution is -0.140. The van der Waals surface area contributed by atoms with Crippen LogP contribution in [0.5, 0.6) is 0 Å². The minimum atomic E-state index is -3.56. The van der Waals surface area contributed by atoms with Crippen LogP contribution < -0.4 is 9.62 Å². The standard InChI is InChI=1S/C28H37Cl2N3O4S/c1-19-14-15-23(17-20(19)2)33(38(4,36)37)16-8-13-27(34)32(18-24-25(29)11-7-12-26(24)30)21(3)28(35)31-22-9-5-6-10-22/h7,11-12,14-15,17,21-22H,5-6,8-10,13,16,18H2,1-4H3,(H,31,35)/t21-/m1/s1. The highest BCUT2D eigenvalue weighted by atomic mass is 35.5. The number of carbonyl (C=O) groups is 2. The summed E-state index contributed by atoms with van der Waals surface area (Å²) in [6.45, 7) is 5.80. The molecule has 0 radical (unpaired) electrons. The van der Waals surface area contributed by atoms with Crippen molar-refractivity contribution < 1.29 is 18.0 Å². The molecule has 0 unspecified atom stereocenters. The van der Waals surface area contributed by atoms with Gasteiger partial charge in [-0.1, -0.05) is 48.2 Å². The maximum absolute atomic E-state index is 13.5. The highest BCUT2D eigenvalue weighted by Gasteiger charge is 2.29. The van der Waals surface area contributed by atoms with Gasteiger partial charge < -0.3 is 10.2 Å². The second kappa shape index (κ2) is 13.2. The van der Waals surface area contributed by atoms with Gasteiger partial charge in [-0.05, 0) is 75.4 Å². The zero-order valence-electron chi connectivity index (χ0n) is 22.5. The maximum atomic E-state index is 13.5. The van der Waals surface area contributed by atoms with Crippen LogP contribution in [0.25, 0.3) is 0 Å². The second-order valence-corrected chi connectivity index (χ2v) is 12.8. The van der Waals surface area contributed by atoms with E-state index in [-0.39, 0.29) is 43.8 Å². The van der Waals surface area contributed by atoms with Gasteiger partial charge in [0.1, 0.15) is 6.04 Å². The number of amides is 2. The van der Waals surface area contributed by atoms with E-state index in [4.69, 9.17) is 23.2 Å². The molecule has 0 aromatic heterocycles. The molecular weight excluding hydrogens is 545 g/mol. The third kappa shape index (κ3) is 7.87.